The number of amides is 1. The van der Waals surface area contributed by atoms with Gasteiger partial charge in [-0.3, -0.25) is 9.78 Å². The van der Waals surface area contributed by atoms with Crippen molar-refractivity contribution >= 4 is 11.6 Å². The maximum absolute atomic E-state index is 11.0. The molecule has 5 nitrogen and oxygen atoms in total. The maximum Gasteiger partial charge on any atom is 0.267 e. The van der Waals surface area contributed by atoms with Crippen LogP contribution in [0, 0.1) is 0 Å². The third kappa shape index (κ3) is 4.28. The van der Waals surface area contributed by atoms with E-state index in [2.05, 4.69) is 10.3 Å². The van der Waals surface area contributed by atoms with Crippen LogP contribution in [0.4, 0.5) is 5.69 Å². The average Bonchev–Trinajstić information content (AvgIpc) is 2.48. The maximum atomic E-state index is 11.0. The van der Waals surface area contributed by atoms with E-state index in [9.17, 15) is 4.79 Å². The lowest BCUT2D eigenvalue weighted by atomic mass is 10.3. The predicted molar refractivity (Wildman–Crippen MR) is 77.8 cm³/mol. The molecular weight excluding hydrogens is 254 g/mol. The lowest BCUT2D eigenvalue weighted by molar-refractivity contribution is 0.0995. The highest BCUT2D eigenvalue weighted by atomic mass is 16.5. The molecular formula is C15H17N3O2. The van der Waals surface area contributed by atoms with Crippen LogP contribution < -0.4 is 15.8 Å². The molecule has 0 aliphatic rings. The number of aromatic nitrogens is 1. The third-order valence-electron chi connectivity index (χ3n) is 2.67. The number of nitrogens with one attached hydrogen (secondary N) is 1. The smallest absolute Gasteiger partial charge is 0.267 e. The Morgan fingerprint density at radius 1 is 1.25 bits per heavy atom. The van der Waals surface area contributed by atoms with Crippen molar-refractivity contribution in [2.45, 2.75) is 6.42 Å². The fraction of sp³-hybridized carbons (Fsp3) is 0.200. The molecule has 0 aliphatic heterocycles. The highest BCUT2D eigenvalue weighted by Gasteiger charge is 2.02. The first-order chi connectivity index (χ1) is 9.75. The quantitative estimate of drug-likeness (QED) is 0.756. The average molecular weight is 271 g/mol. The molecule has 5 heteroatoms. The van der Waals surface area contributed by atoms with Gasteiger partial charge in [0.2, 0.25) is 0 Å². The lowest BCUT2D eigenvalue weighted by Gasteiger charge is -2.08. The topological polar surface area (TPSA) is 77.2 Å². The van der Waals surface area contributed by atoms with E-state index in [1.165, 1.54) is 0 Å². The van der Waals surface area contributed by atoms with Crippen molar-refractivity contribution in [3.63, 3.8) is 0 Å². The van der Waals surface area contributed by atoms with E-state index in [1.54, 1.807) is 18.3 Å². The fourth-order valence-electron chi connectivity index (χ4n) is 1.69. The summed E-state index contributed by atoms with van der Waals surface area (Å²) in [6, 6.07) is 13.1. The number of primary amides is 1. The molecule has 104 valence electrons. The van der Waals surface area contributed by atoms with Gasteiger partial charge >= 0.3 is 0 Å². The first-order valence-corrected chi connectivity index (χ1v) is 6.43. The second kappa shape index (κ2) is 7.13. The largest absolute Gasteiger partial charge is 0.494 e. The molecule has 0 spiro atoms. The van der Waals surface area contributed by atoms with Crippen molar-refractivity contribution in [3.8, 4) is 5.75 Å². The van der Waals surface area contributed by atoms with E-state index in [0.29, 0.717) is 6.61 Å². The monoisotopic (exact) mass is 271 g/mol. The SMILES string of the molecule is NC(=O)c1cc(NCCCOc2ccccc2)ccn1. The van der Waals surface area contributed by atoms with Gasteiger partial charge in [0.15, 0.2) is 0 Å². The van der Waals surface area contributed by atoms with Gasteiger partial charge in [-0.15, -0.1) is 0 Å². The van der Waals surface area contributed by atoms with Gasteiger partial charge in [-0.05, 0) is 30.7 Å². The molecule has 1 aromatic carbocycles. The number of carbonyl (C=O) groups is 1. The molecule has 1 amide bonds. The zero-order valence-corrected chi connectivity index (χ0v) is 11.1. The first kappa shape index (κ1) is 13.9. The van der Waals surface area contributed by atoms with Crippen LogP contribution in [-0.4, -0.2) is 24.0 Å². The zero-order chi connectivity index (χ0) is 14.2. The molecule has 0 fully saturated rings. The fourth-order valence-corrected chi connectivity index (χ4v) is 1.69. The van der Waals surface area contributed by atoms with Gasteiger partial charge in [-0.1, -0.05) is 18.2 Å². The summed E-state index contributed by atoms with van der Waals surface area (Å²) in [6.45, 7) is 1.37. The molecule has 2 rings (SSSR count). The lowest BCUT2D eigenvalue weighted by Crippen LogP contribution is -2.14. The summed E-state index contributed by atoms with van der Waals surface area (Å²) in [6.07, 6.45) is 2.41. The van der Waals surface area contributed by atoms with Crippen LogP contribution in [0.3, 0.4) is 0 Å². The second-order valence-corrected chi connectivity index (χ2v) is 4.24. The molecule has 1 aromatic heterocycles. The number of benzene rings is 1. The molecule has 2 aromatic rings. The van der Waals surface area contributed by atoms with Crippen molar-refractivity contribution in [1.29, 1.82) is 0 Å². The van der Waals surface area contributed by atoms with Crippen LogP contribution in [0.5, 0.6) is 5.75 Å². The predicted octanol–water partition coefficient (Wildman–Crippen LogP) is 2.06. The number of hydrogen-bond donors (Lipinski definition) is 2. The van der Waals surface area contributed by atoms with Crippen LogP contribution in [0.15, 0.2) is 48.7 Å². The number of rotatable bonds is 7. The number of nitrogens with two attached hydrogens (primary N) is 1. The van der Waals surface area contributed by atoms with E-state index in [-0.39, 0.29) is 5.69 Å². The summed E-state index contributed by atoms with van der Waals surface area (Å²) < 4.78 is 5.58. The molecule has 0 atom stereocenters. The van der Waals surface area contributed by atoms with Crippen LogP contribution >= 0.6 is 0 Å². The number of pyridine rings is 1. The number of carbonyl (C=O) groups excluding carboxylic acids is 1. The molecule has 0 bridgehead atoms. The van der Waals surface area contributed by atoms with E-state index in [4.69, 9.17) is 10.5 Å². The Labute approximate surface area is 117 Å². The van der Waals surface area contributed by atoms with Gasteiger partial charge < -0.3 is 15.8 Å². The summed E-state index contributed by atoms with van der Waals surface area (Å²) in [7, 11) is 0. The minimum Gasteiger partial charge on any atom is -0.494 e. The second-order valence-electron chi connectivity index (χ2n) is 4.24. The normalized spacial score (nSPS) is 10.0. The molecule has 1 heterocycles. The Bertz CT molecular complexity index is 558. The highest BCUT2D eigenvalue weighted by molar-refractivity contribution is 5.91. The Kier molecular flexibility index (Phi) is 4.94. The Morgan fingerprint density at radius 2 is 2.05 bits per heavy atom. The van der Waals surface area contributed by atoms with Crippen molar-refractivity contribution in [2.75, 3.05) is 18.5 Å². The van der Waals surface area contributed by atoms with Gasteiger partial charge in [0.25, 0.3) is 5.91 Å². The standard InChI is InChI=1S/C15H17N3O2/c16-15(19)14-11-12(7-9-18-14)17-8-4-10-20-13-5-2-1-3-6-13/h1-3,5-7,9,11H,4,8,10H2,(H2,16,19)(H,17,18). The van der Waals surface area contributed by atoms with Gasteiger partial charge in [0, 0.05) is 18.4 Å². The molecule has 0 aliphatic carbocycles. The molecule has 0 saturated carbocycles. The summed E-state index contributed by atoms with van der Waals surface area (Å²) in [4.78, 5) is 14.9. The van der Waals surface area contributed by atoms with Crippen LogP contribution in [-0.2, 0) is 0 Å². The van der Waals surface area contributed by atoms with E-state index in [0.717, 1.165) is 24.4 Å². The molecule has 3 N–H and O–H groups in total. The summed E-state index contributed by atoms with van der Waals surface area (Å²) >= 11 is 0. The van der Waals surface area contributed by atoms with Crippen LogP contribution in [0.2, 0.25) is 0 Å². The number of hydrogen-bond acceptors (Lipinski definition) is 4. The van der Waals surface area contributed by atoms with Gasteiger partial charge in [0.05, 0.1) is 6.61 Å². The van der Waals surface area contributed by atoms with E-state index < -0.39 is 5.91 Å². The summed E-state index contributed by atoms with van der Waals surface area (Å²) in [5.41, 5.74) is 6.26. The van der Waals surface area contributed by atoms with Crippen LogP contribution in [0.1, 0.15) is 16.9 Å². The Hall–Kier alpha value is -2.56. The van der Waals surface area contributed by atoms with Crippen molar-refractivity contribution in [2.24, 2.45) is 5.73 Å². The molecule has 0 saturated heterocycles. The number of ether oxygens (including phenoxy) is 1. The summed E-state index contributed by atoms with van der Waals surface area (Å²) in [5.74, 6) is 0.341. The van der Waals surface area contributed by atoms with Crippen molar-refractivity contribution < 1.29 is 9.53 Å². The van der Waals surface area contributed by atoms with Crippen molar-refractivity contribution in [3.05, 3.63) is 54.4 Å². The first-order valence-electron chi connectivity index (χ1n) is 6.43. The minimum absolute atomic E-state index is 0.260. The molecule has 20 heavy (non-hydrogen) atoms. The molecule has 0 unspecified atom stereocenters. The van der Waals surface area contributed by atoms with Gasteiger partial charge in [-0.2, -0.15) is 0 Å². The Morgan fingerprint density at radius 3 is 2.80 bits per heavy atom. The minimum atomic E-state index is -0.527. The number of anilines is 1. The van der Waals surface area contributed by atoms with Crippen molar-refractivity contribution in [1.82, 2.24) is 4.98 Å². The van der Waals surface area contributed by atoms with E-state index >= 15 is 0 Å². The molecule has 0 radical (unpaired) electrons. The number of para-hydroxylation sites is 1. The number of nitrogens with zero attached hydrogens (tertiary/aromatic N) is 1. The highest BCUT2D eigenvalue weighted by Crippen LogP contribution is 2.09. The zero-order valence-electron chi connectivity index (χ0n) is 11.1. The van der Waals surface area contributed by atoms with E-state index in [1.807, 2.05) is 30.3 Å². The summed E-state index contributed by atoms with van der Waals surface area (Å²) in [5, 5.41) is 3.20. The van der Waals surface area contributed by atoms with Crippen LogP contribution in [0.25, 0.3) is 0 Å². The Balaban J connectivity index is 1.71. The van der Waals surface area contributed by atoms with Gasteiger partial charge in [-0.25, -0.2) is 0 Å². The third-order valence-corrected chi connectivity index (χ3v) is 2.67. The van der Waals surface area contributed by atoms with Gasteiger partial charge in [0.1, 0.15) is 11.4 Å².